The molecule has 8 heteroatoms. The first-order valence-electron chi connectivity index (χ1n) is 13.7. The van der Waals surface area contributed by atoms with E-state index in [-0.39, 0.29) is 23.5 Å². The molecule has 8 nitrogen and oxygen atoms in total. The first-order valence-corrected chi connectivity index (χ1v) is 13.7. The van der Waals surface area contributed by atoms with Gasteiger partial charge in [0.2, 0.25) is 11.8 Å². The number of carbonyl (C=O) groups is 3. The maximum atomic E-state index is 14.1. The van der Waals surface area contributed by atoms with Gasteiger partial charge in [-0.15, -0.1) is 0 Å². The van der Waals surface area contributed by atoms with Gasteiger partial charge in [-0.25, -0.2) is 4.79 Å². The number of nitrogens with zero attached hydrogens (tertiary/aromatic N) is 1. The Morgan fingerprint density at radius 1 is 1.05 bits per heavy atom. The van der Waals surface area contributed by atoms with Crippen LogP contribution in [0.2, 0.25) is 0 Å². The van der Waals surface area contributed by atoms with Crippen LogP contribution in [-0.2, 0) is 14.3 Å². The average molecular weight is 520 g/mol. The predicted octanol–water partition coefficient (Wildman–Crippen LogP) is 5.62. The standard InChI is InChI=1S/C29H49N3O5/c1-9-11-13-17-30-26(34)24(22-16-14-15-21(5)25(22)33)32(18-12-10-2)27(35)23(19-20(3)4)31-28(36)37-29(6,7)8/h14-16,20,23-24,33H,9-13,17-19H2,1-8H3,(H,30,34)(H,31,36). The molecule has 0 fully saturated rings. The van der Waals surface area contributed by atoms with Gasteiger partial charge in [0.25, 0.3) is 0 Å². The highest BCUT2D eigenvalue weighted by molar-refractivity contribution is 5.92. The fourth-order valence-electron chi connectivity index (χ4n) is 4.07. The van der Waals surface area contributed by atoms with E-state index in [1.54, 1.807) is 45.9 Å². The number of phenols is 1. The average Bonchev–Trinajstić information content (AvgIpc) is 2.79. The number of amides is 3. The number of phenolic OH excluding ortho intramolecular Hbond substituents is 1. The lowest BCUT2D eigenvalue weighted by atomic mass is 9.97. The van der Waals surface area contributed by atoms with Crippen molar-refractivity contribution in [1.82, 2.24) is 15.5 Å². The monoisotopic (exact) mass is 519 g/mol. The Kier molecular flexibility index (Phi) is 13.5. The number of rotatable bonds is 14. The Morgan fingerprint density at radius 3 is 2.27 bits per heavy atom. The molecule has 0 aliphatic rings. The highest BCUT2D eigenvalue weighted by atomic mass is 16.6. The summed E-state index contributed by atoms with van der Waals surface area (Å²) < 4.78 is 5.42. The smallest absolute Gasteiger partial charge is 0.408 e. The van der Waals surface area contributed by atoms with Crippen molar-refractivity contribution in [1.29, 1.82) is 0 Å². The van der Waals surface area contributed by atoms with Crippen LogP contribution in [0.5, 0.6) is 5.75 Å². The van der Waals surface area contributed by atoms with Crippen molar-refractivity contribution in [3.63, 3.8) is 0 Å². The predicted molar refractivity (Wildman–Crippen MR) is 147 cm³/mol. The summed E-state index contributed by atoms with van der Waals surface area (Å²) in [4.78, 5) is 41.8. The summed E-state index contributed by atoms with van der Waals surface area (Å²) in [6, 6.07) is 3.31. The van der Waals surface area contributed by atoms with Crippen molar-refractivity contribution < 1.29 is 24.2 Å². The second-order valence-corrected chi connectivity index (χ2v) is 11.1. The van der Waals surface area contributed by atoms with Crippen LogP contribution in [-0.4, -0.2) is 52.6 Å². The summed E-state index contributed by atoms with van der Waals surface area (Å²) in [5, 5.41) is 16.6. The summed E-state index contributed by atoms with van der Waals surface area (Å²) >= 11 is 0. The molecule has 0 radical (unpaired) electrons. The maximum Gasteiger partial charge on any atom is 0.408 e. The van der Waals surface area contributed by atoms with Gasteiger partial charge in [-0.05, 0) is 58.4 Å². The molecule has 0 heterocycles. The third-order valence-corrected chi connectivity index (χ3v) is 5.93. The summed E-state index contributed by atoms with van der Waals surface area (Å²) in [5.41, 5.74) is 0.277. The molecule has 0 aliphatic carbocycles. The van der Waals surface area contributed by atoms with Gasteiger partial charge in [0.05, 0.1) is 0 Å². The van der Waals surface area contributed by atoms with Gasteiger partial charge in [0, 0.05) is 18.7 Å². The van der Waals surface area contributed by atoms with Crippen molar-refractivity contribution in [3.8, 4) is 5.75 Å². The minimum Gasteiger partial charge on any atom is -0.507 e. The molecule has 0 aromatic heterocycles. The lowest BCUT2D eigenvalue weighted by Crippen LogP contribution is -2.53. The van der Waals surface area contributed by atoms with Gasteiger partial charge in [-0.3, -0.25) is 9.59 Å². The Balaban J connectivity index is 3.48. The number of unbranched alkanes of at least 4 members (excludes halogenated alkanes) is 3. The number of alkyl carbamates (subject to hydrolysis) is 1. The maximum absolute atomic E-state index is 14.1. The molecule has 0 saturated heterocycles. The zero-order valence-corrected chi connectivity index (χ0v) is 24.1. The molecular weight excluding hydrogens is 470 g/mol. The fourth-order valence-corrected chi connectivity index (χ4v) is 4.07. The Labute approximate surface area is 223 Å². The van der Waals surface area contributed by atoms with Gasteiger partial charge in [-0.2, -0.15) is 0 Å². The van der Waals surface area contributed by atoms with E-state index in [0.717, 1.165) is 25.7 Å². The largest absolute Gasteiger partial charge is 0.507 e. The second kappa shape index (κ2) is 15.5. The third-order valence-electron chi connectivity index (χ3n) is 5.93. The van der Waals surface area contributed by atoms with E-state index >= 15 is 0 Å². The van der Waals surface area contributed by atoms with Gasteiger partial charge in [0.15, 0.2) is 0 Å². The molecule has 210 valence electrons. The molecule has 0 aliphatic heterocycles. The molecular formula is C29H49N3O5. The summed E-state index contributed by atoms with van der Waals surface area (Å²) in [6.45, 7) is 15.9. The Bertz CT molecular complexity index is 879. The van der Waals surface area contributed by atoms with Crippen LogP contribution in [0.3, 0.4) is 0 Å². The Hall–Kier alpha value is -2.77. The summed E-state index contributed by atoms with van der Waals surface area (Å²) in [7, 11) is 0. The number of ether oxygens (including phenoxy) is 1. The zero-order chi connectivity index (χ0) is 28.2. The van der Waals surface area contributed by atoms with E-state index in [4.69, 9.17) is 4.74 Å². The highest BCUT2D eigenvalue weighted by Gasteiger charge is 2.37. The summed E-state index contributed by atoms with van der Waals surface area (Å²) in [6.07, 6.45) is 4.00. The summed E-state index contributed by atoms with van der Waals surface area (Å²) in [5.74, 6) is -0.624. The van der Waals surface area contributed by atoms with E-state index in [1.165, 1.54) is 4.90 Å². The van der Waals surface area contributed by atoms with Crippen LogP contribution >= 0.6 is 0 Å². The van der Waals surface area contributed by atoms with Crippen molar-refractivity contribution >= 4 is 17.9 Å². The van der Waals surface area contributed by atoms with E-state index in [0.29, 0.717) is 37.1 Å². The van der Waals surface area contributed by atoms with Gasteiger partial charge in [-0.1, -0.05) is 65.2 Å². The molecule has 1 aromatic carbocycles. The molecule has 0 saturated carbocycles. The van der Waals surface area contributed by atoms with E-state index in [9.17, 15) is 19.5 Å². The molecule has 3 N–H and O–H groups in total. The molecule has 0 bridgehead atoms. The SMILES string of the molecule is CCCCCNC(=O)C(c1cccc(C)c1O)N(CCCC)C(=O)C(CC(C)C)NC(=O)OC(C)(C)C. The second-order valence-electron chi connectivity index (χ2n) is 11.1. The molecule has 1 aromatic rings. The number of para-hydroxylation sites is 1. The number of nitrogens with one attached hydrogen (secondary N) is 2. The van der Waals surface area contributed by atoms with Gasteiger partial charge < -0.3 is 25.4 Å². The number of benzene rings is 1. The van der Waals surface area contributed by atoms with Gasteiger partial charge >= 0.3 is 6.09 Å². The molecule has 37 heavy (non-hydrogen) atoms. The molecule has 0 spiro atoms. The van der Waals surface area contributed by atoms with Crippen LogP contribution in [0.15, 0.2) is 18.2 Å². The van der Waals surface area contributed by atoms with Crippen molar-refractivity contribution in [2.24, 2.45) is 5.92 Å². The molecule has 1 rings (SSSR count). The van der Waals surface area contributed by atoms with Crippen molar-refractivity contribution in [2.45, 2.75) is 112 Å². The molecule has 3 amide bonds. The van der Waals surface area contributed by atoms with Crippen LogP contribution < -0.4 is 10.6 Å². The van der Waals surface area contributed by atoms with Crippen molar-refractivity contribution in [2.75, 3.05) is 13.1 Å². The first-order chi connectivity index (χ1) is 17.3. The number of hydrogen-bond donors (Lipinski definition) is 3. The lowest BCUT2D eigenvalue weighted by Gasteiger charge is -2.35. The van der Waals surface area contributed by atoms with Crippen LogP contribution in [0.1, 0.15) is 104 Å². The highest BCUT2D eigenvalue weighted by Crippen LogP contribution is 2.33. The van der Waals surface area contributed by atoms with Gasteiger partial charge in [0.1, 0.15) is 23.4 Å². The van der Waals surface area contributed by atoms with E-state index in [1.807, 2.05) is 20.8 Å². The zero-order valence-electron chi connectivity index (χ0n) is 24.1. The van der Waals surface area contributed by atoms with E-state index in [2.05, 4.69) is 17.6 Å². The van der Waals surface area contributed by atoms with E-state index < -0.39 is 23.8 Å². The van der Waals surface area contributed by atoms with Crippen molar-refractivity contribution in [3.05, 3.63) is 29.3 Å². The minimum absolute atomic E-state index is 0.00832. The van der Waals surface area contributed by atoms with Crippen LogP contribution in [0, 0.1) is 12.8 Å². The molecule has 2 unspecified atom stereocenters. The number of aromatic hydroxyl groups is 1. The normalized spacial score (nSPS) is 13.1. The Morgan fingerprint density at radius 2 is 1.70 bits per heavy atom. The minimum atomic E-state index is -1.03. The first kappa shape index (κ1) is 32.3. The molecule has 2 atom stereocenters. The third kappa shape index (κ3) is 11.0. The number of aryl methyl sites for hydroxylation is 1. The van der Waals surface area contributed by atoms with Crippen LogP contribution in [0.4, 0.5) is 4.79 Å². The number of hydrogen-bond acceptors (Lipinski definition) is 5. The topological polar surface area (TPSA) is 108 Å². The van der Waals surface area contributed by atoms with Crippen LogP contribution in [0.25, 0.3) is 0 Å². The lowest BCUT2D eigenvalue weighted by molar-refractivity contribution is -0.143. The quantitative estimate of drug-likeness (QED) is 0.277. The number of carbonyl (C=O) groups excluding carboxylic acids is 3. The fraction of sp³-hybridized carbons (Fsp3) is 0.690.